The van der Waals surface area contributed by atoms with Crippen molar-refractivity contribution in [3.05, 3.63) is 53.9 Å². The lowest BCUT2D eigenvalue weighted by Gasteiger charge is -2.26. The molecule has 0 spiro atoms. The molecule has 0 bridgehead atoms. The van der Waals surface area contributed by atoms with E-state index in [9.17, 15) is 4.79 Å². The van der Waals surface area contributed by atoms with Gasteiger partial charge in [-0.25, -0.2) is 0 Å². The molecule has 0 fully saturated rings. The van der Waals surface area contributed by atoms with Crippen LogP contribution in [0.2, 0.25) is 0 Å². The molecule has 0 aliphatic carbocycles. The van der Waals surface area contributed by atoms with Gasteiger partial charge in [0, 0.05) is 18.0 Å². The Kier molecular flexibility index (Phi) is 4.82. The average Bonchev–Trinajstić information content (AvgIpc) is 2.53. The summed E-state index contributed by atoms with van der Waals surface area (Å²) < 4.78 is 5.68. The lowest BCUT2D eigenvalue weighted by molar-refractivity contribution is 0.0880. The van der Waals surface area contributed by atoms with Gasteiger partial charge in [0.15, 0.2) is 0 Å². The summed E-state index contributed by atoms with van der Waals surface area (Å²) in [5, 5.41) is 12.0. The van der Waals surface area contributed by atoms with E-state index in [1.165, 1.54) is 0 Å². The van der Waals surface area contributed by atoms with Gasteiger partial charge in [0.1, 0.15) is 24.0 Å². The molecule has 0 radical (unpaired) electrons. The number of pyridine rings is 1. The number of nitrogens with one attached hydrogen (secondary N) is 1. The maximum Gasteiger partial charge on any atom is 0.251 e. The number of hydrogen-bond acceptors (Lipinski definition) is 5. The highest BCUT2D eigenvalue weighted by Gasteiger charge is 2.23. The van der Waals surface area contributed by atoms with Crippen molar-refractivity contribution in [3.63, 3.8) is 0 Å². The highest BCUT2D eigenvalue weighted by molar-refractivity contribution is 5.94. The number of nitrogens with two attached hydrogens (primary N) is 1. The summed E-state index contributed by atoms with van der Waals surface area (Å²) in [6.07, 6.45) is 3.12. The topological polar surface area (TPSA) is 101 Å². The lowest BCUT2D eigenvalue weighted by Crippen LogP contribution is -2.47. The Morgan fingerprint density at radius 1 is 1.35 bits per heavy atom. The number of nitrogens with zero attached hydrogens (tertiary/aromatic N) is 2. The van der Waals surface area contributed by atoms with Crippen LogP contribution in [-0.4, -0.2) is 23.0 Å². The predicted octanol–water partition coefficient (Wildman–Crippen LogP) is 2.12. The molecule has 0 aliphatic heterocycles. The molecule has 1 aromatic carbocycles. The fraction of sp³-hybridized carbons (Fsp3) is 0.235. The molecule has 0 atom stereocenters. The average molecular weight is 310 g/mol. The highest BCUT2D eigenvalue weighted by atomic mass is 16.5. The number of rotatable bonds is 5. The zero-order valence-corrected chi connectivity index (χ0v) is 13.0. The van der Waals surface area contributed by atoms with E-state index in [0.717, 1.165) is 0 Å². The predicted molar refractivity (Wildman–Crippen MR) is 86.8 cm³/mol. The van der Waals surface area contributed by atoms with E-state index in [0.29, 0.717) is 22.6 Å². The van der Waals surface area contributed by atoms with Crippen LogP contribution in [0, 0.1) is 11.3 Å². The van der Waals surface area contributed by atoms with Crippen LogP contribution in [0.3, 0.4) is 0 Å². The molecule has 1 amide bonds. The van der Waals surface area contributed by atoms with Crippen molar-refractivity contribution in [1.29, 1.82) is 5.26 Å². The highest BCUT2D eigenvalue weighted by Crippen LogP contribution is 2.24. The molecule has 2 rings (SSSR count). The fourth-order valence-corrected chi connectivity index (χ4v) is 1.97. The number of benzene rings is 1. The number of anilines is 1. The molecule has 1 heterocycles. The van der Waals surface area contributed by atoms with Crippen molar-refractivity contribution in [3.8, 4) is 11.8 Å². The van der Waals surface area contributed by atoms with E-state index in [1.54, 1.807) is 42.7 Å². The van der Waals surface area contributed by atoms with Crippen LogP contribution >= 0.6 is 0 Å². The SMILES string of the molecule is CC(C)(COc1cccc(N)c1C#N)NC(=O)c1ccncc1. The van der Waals surface area contributed by atoms with E-state index in [4.69, 9.17) is 15.7 Å². The van der Waals surface area contributed by atoms with Gasteiger partial charge in [-0.15, -0.1) is 0 Å². The number of carbonyl (C=O) groups excluding carboxylic acids is 1. The number of hydrogen-bond donors (Lipinski definition) is 2. The van der Waals surface area contributed by atoms with Gasteiger partial charge in [-0.05, 0) is 38.1 Å². The minimum absolute atomic E-state index is 0.196. The van der Waals surface area contributed by atoms with Gasteiger partial charge in [-0.1, -0.05) is 6.07 Å². The van der Waals surface area contributed by atoms with Gasteiger partial charge in [0.25, 0.3) is 5.91 Å². The summed E-state index contributed by atoms with van der Waals surface area (Å²) in [7, 11) is 0. The van der Waals surface area contributed by atoms with Crippen LogP contribution in [0.15, 0.2) is 42.7 Å². The maximum atomic E-state index is 12.2. The normalized spacial score (nSPS) is 10.7. The molecule has 0 saturated heterocycles. The van der Waals surface area contributed by atoms with E-state index in [2.05, 4.69) is 10.3 Å². The summed E-state index contributed by atoms with van der Waals surface area (Å²) in [5.41, 5.74) is 6.31. The molecule has 118 valence electrons. The summed E-state index contributed by atoms with van der Waals surface area (Å²) in [5.74, 6) is 0.188. The standard InChI is InChI=1S/C17H18N4O2/c1-17(2,21-16(22)12-6-8-20-9-7-12)11-23-15-5-3-4-14(19)13(15)10-18/h3-9H,11,19H2,1-2H3,(H,21,22). The number of amides is 1. The van der Waals surface area contributed by atoms with Gasteiger partial charge in [-0.3, -0.25) is 9.78 Å². The number of nitriles is 1. The third-order valence-electron chi connectivity index (χ3n) is 3.15. The largest absolute Gasteiger partial charge is 0.490 e. The number of carbonyl (C=O) groups is 1. The summed E-state index contributed by atoms with van der Waals surface area (Å²) >= 11 is 0. The Hall–Kier alpha value is -3.07. The third kappa shape index (κ3) is 4.20. The molecule has 3 N–H and O–H groups in total. The Morgan fingerprint density at radius 2 is 2.04 bits per heavy atom. The second-order valence-electron chi connectivity index (χ2n) is 5.69. The Morgan fingerprint density at radius 3 is 2.70 bits per heavy atom. The minimum Gasteiger partial charge on any atom is -0.490 e. The monoisotopic (exact) mass is 310 g/mol. The lowest BCUT2D eigenvalue weighted by atomic mass is 10.1. The van der Waals surface area contributed by atoms with E-state index in [-0.39, 0.29) is 12.5 Å². The second-order valence-corrected chi connectivity index (χ2v) is 5.69. The van der Waals surface area contributed by atoms with Gasteiger partial charge in [-0.2, -0.15) is 5.26 Å². The molecular formula is C17H18N4O2. The minimum atomic E-state index is -0.627. The first-order chi connectivity index (χ1) is 10.9. The number of ether oxygens (including phenoxy) is 1. The van der Waals surface area contributed by atoms with E-state index < -0.39 is 5.54 Å². The van der Waals surface area contributed by atoms with Crippen molar-refractivity contribution < 1.29 is 9.53 Å². The third-order valence-corrected chi connectivity index (χ3v) is 3.15. The molecule has 6 heteroatoms. The maximum absolute atomic E-state index is 12.2. The first-order valence-corrected chi connectivity index (χ1v) is 7.07. The first-order valence-electron chi connectivity index (χ1n) is 7.07. The Balaban J connectivity index is 2.04. The molecule has 0 aliphatic rings. The number of aromatic nitrogens is 1. The van der Waals surface area contributed by atoms with Crippen molar-refractivity contribution in [1.82, 2.24) is 10.3 Å². The zero-order valence-electron chi connectivity index (χ0n) is 13.0. The molecular weight excluding hydrogens is 292 g/mol. The Labute approximate surface area is 134 Å². The summed E-state index contributed by atoms with van der Waals surface area (Å²) in [4.78, 5) is 16.1. The number of nitrogen functional groups attached to an aromatic ring is 1. The second kappa shape index (κ2) is 6.79. The van der Waals surface area contributed by atoms with Crippen molar-refractivity contribution >= 4 is 11.6 Å². The van der Waals surface area contributed by atoms with Crippen LogP contribution in [0.4, 0.5) is 5.69 Å². The van der Waals surface area contributed by atoms with Gasteiger partial charge in [0.05, 0.1) is 11.2 Å². The van der Waals surface area contributed by atoms with Crippen molar-refractivity contribution in [2.75, 3.05) is 12.3 Å². The fourth-order valence-electron chi connectivity index (χ4n) is 1.97. The van der Waals surface area contributed by atoms with Crippen molar-refractivity contribution in [2.45, 2.75) is 19.4 Å². The summed E-state index contributed by atoms with van der Waals surface area (Å²) in [6, 6.07) is 10.3. The Bertz CT molecular complexity index is 736. The smallest absolute Gasteiger partial charge is 0.251 e. The quantitative estimate of drug-likeness (QED) is 0.824. The van der Waals surface area contributed by atoms with Crippen LogP contribution in [0.25, 0.3) is 0 Å². The van der Waals surface area contributed by atoms with Crippen molar-refractivity contribution in [2.24, 2.45) is 0 Å². The van der Waals surface area contributed by atoms with Crippen LogP contribution in [-0.2, 0) is 0 Å². The van der Waals surface area contributed by atoms with Crippen LogP contribution in [0.1, 0.15) is 29.8 Å². The van der Waals surface area contributed by atoms with E-state index >= 15 is 0 Å². The molecule has 0 unspecified atom stereocenters. The van der Waals surface area contributed by atoms with Gasteiger partial charge < -0.3 is 15.8 Å². The zero-order chi connectivity index (χ0) is 16.9. The molecule has 1 aromatic heterocycles. The molecule has 2 aromatic rings. The van der Waals surface area contributed by atoms with Gasteiger partial charge >= 0.3 is 0 Å². The van der Waals surface area contributed by atoms with Gasteiger partial charge in [0.2, 0.25) is 0 Å². The molecule has 0 saturated carbocycles. The van der Waals surface area contributed by atoms with Crippen LogP contribution < -0.4 is 15.8 Å². The van der Waals surface area contributed by atoms with Crippen LogP contribution in [0.5, 0.6) is 5.75 Å². The first kappa shape index (κ1) is 16.3. The van der Waals surface area contributed by atoms with E-state index in [1.807, 2.05) is 19.9 Å². The molecule has 23 heavy (non-hydrogen) atoms. The summed E-state index contributed by atoms with van der Waals surface area (Å²) in [6.45, 7) is 3.87. The molecule has 6 nitrogen and oxygen atoms in total.